The number of ether oxygens (including phenoxy) is 1. The summed E-state index contributed by atoms with van der Waals surface area (Å²) in [5.41, 5.74) is 9.16. The largest absolute Gasteiger partial charge is 0.375 e. The minimum Gasteiger partial charge on any atom is -0.375 e. The molecule has 0 aliphatic carbocycles. The predicted octanol–water partition coefficient (Wildman–Crippen LogP) is 2.89. The van der Waals surface area contributed by atoms with E-state index in [-0.39, 0.29) is 5.95 Å². The van der Waals surface area contributed by atoms with Crippen molar-refractivity contribution in [3.05, 3.63) is 54.9 Å². The lowest BCUT2D eigenvalue weighted by Gasteiger charge is -2.39. The molecule has 0 bridgehead atoms. The standard InChI is InChI=1S/C23H25N9O/c1-3-33-18-13-32(14-18)20-9-6-16(12-26-20)21-29-23(31(2)30-21)27-17-7-4-15(5-8-17)19-10-11-25-22(24)28-19/h4-12,18H,3,13-14H2,1-2H3,(H2,24,25,28)(H,27,29,30). The normalized spacial score (nSPS) is 13.7. The van der Waals surface area contributed by atoms with Gasteiger partial charge in [-0.3, -0.25) is 0 Å². The zero-order valence-electron chi connectivity index (χ0n) is 18.5. The topological polar surface area (TPSA) is 120 Å². The van der Waals surface area contributed by atoms with Gasteiger partial charge < -0.3 is 20.7 Å². The van der Waals surface area contributed by atoms with E-state index in [0.29, 0.717) is 17.9 Å². The number of anilines is 4. The molecule has 0 amide bonds. The molecule has 33 heavy (non-hydrogen) atoms. The van der Waals surface area contributed by atoms with E-state index in [1.54, 1.807) is 10.9 Å². The molecule has 1 fully saturated rings. The Kier molecular flexibility index (Phi) is 5.57. The smallest absolute Gasteiger partial charge is 0.225 e. The van der Waals surface area contributed by atoms with Gasteiger partial charge in [0.05, 0.1) is 11.8 Å². The first-order chi connectivity index (χ1) is 16.1. The van der Waals surface area contributed by atoms with Crippen molar-refractivity contribution in [2.45, 2.75) is 13.0 Å². The van der Waals surface area contributed by atoms with Crippen LogP contribution < -0.4 is 16.0 Å². The summed E-state index contributed by atoms with van der Waals surface area (Å²) in [4.78, 5) is 19.6. The van der Waals surface area contributed by atoms with Crippen molar-refractivity contribution in [2.75, 3.05) is 35.6 Å². The van der Waals surface area contributed by atoms with Gasteiger partial charge >= 0.3 is 0 Å². The van der Waals surface area contributed by atoms with E-state index in [4.69, 9.17) is 10.5 Å². The van der Waals surface area contributed by atoms with Crippen molar-refractivity contribution >= 4 is 23.4 Å². The molecule has 0 saturated carbocycles. The number of hydrogen-bond acceptors (Lipinski definition) is 9. The number of nitrogen functional groups attached to an aromatic ring is 1. The molecule has 1 aliphatic rings. The fourth-order valence-electron chi connectivity index (χ4n) is 3.68. The summed E-state index contributed by atoms with van der Waals surface area (Å²) < 4.78 is 7.32. The highest BCUT2D eigenvalue weighted by Gasteiger charge is 2.28. The molecular weight excluding hydrogens is 418 g/mol. The highest BCUT2D eigenvalue weighted by atomic mass is 16.5. The molecule has 4 heterocycles. The van der Waals surface area contributed by atoms with Gasteiger partial charge in [-0.15, -0.1) is 5.10 Å². The molecule has 10 heteroatoms. The number of benzene rings is 1. The summed E-state index contributed by atoms with van der Waals surface area (Å²) in [5.74, 6) is 2.44. The molecule has 4 aromatic rings. The summed E-state index contributed by atoms with van der Waals surface area (Å²) >= 11 is 0. The van der Waals surface area contributed by atoms with E-state index in [2.05, 4.69) is 35.3 Å². The summed E-state index contributed by atoms with van der Waals surface area (Å²) in [6.07, 6.45) is 3.76. The first kappa shape index (κ1) is 20.8. The molecule has 0 atom stereocenters. The van der Waals surface area contributed by atoms with Gasteiger partial charge in [-0.05, 0) is 37.3 Å². The fourth-order valence-corrected chi connectivity index (χ4v) is 3.68. The van der Waals surface area contributed by atoms with Gasteiger partial charge in [0.15, 0.2) is 5.82 Å². The zero-order chi connectivity index (χ0) is 22.8. The monoisotopic (exact) mass is 443 g/mol. The van der Waals surface area contributed by atoms with E-state index in [1.807, 2.05) is 62.6 Å². The third-order valence-corrected chi connectivity index (χ3v) is 5.45. The van der Waals surface area contributed by atoms with E-state index in [0.717, 1.165) is 48.0 Å². The quantitative estimate of drug-likeness (QED) is 0.444. The van der Waals surface area contributed by atoms with Gasteiger partial charge in [0.1, 0.15) is 5.82 Å². The number of nitrogens with zero attached hydrogens (tertiary/aromatic N) is 7. The minimum absolute atomic E-state index is 0.253. The Bertz CT molecular complexity index is 1230. The van der Waals surface area contributed by atoms with Crippen molar-refractivity contribution in [1.82, 2.24) is 29.7 Å². The molecular formula is C23H25N9O. The maximum atomic E-state index is 5.68. The number of nitrogens with one attached hydrogen (secondary N) is 1. The van der Waals surface area contributed by atoms with E-state index in [1.165, 1.54) is 0 Å². The number of rotatable bonds is 7. The molecule has 0 unspecified atom stereocenters. The Labute approximate surface area is 191 Å². The number of hydrogen-bond donors (Lipinski definition) is 2. The first-order valence-electron chi connectivity index (χ1n) is 10.8. The van der Waals surface area contributed by atoms with Crippen molar-refractivity contribution in [2.24, 2.45) is 7.05 Å². The fraction of sp³-hybridized carbons (Fsp3) is 0.261. The van der Waals surface area contributed by atoms with Gasteiger partial charge in [-0.1, -0.05) is 12.1 Å². The number of pyridine rings is 1. The summed E-state index contributed by atoms with van der Waals surface area (Å²) in [5, 5.41) is 7.84. The van der Waals surface area contributed by atoms with Crippen LogP contribution in [0.1, 0.15) is 6.92 Å². The average Bonchev–Trinajstić information content (AvgIpc) is 3.17. The second-order valence-electron chi connectivity index (χ2n) is 7.77. The van der Waals surface area contributed by atoms with Crippen LogP contribution in [0.3, 0.4) is 0 Å². The number of nitrogens with two attached hydrogens (primary N) is 1. The lowest BCUT2D eigenvalue weighted by molar-refractivity contribution is 0.0427. The second kappa shape index (κ2) is 8.83. The number of aromatic nitrogens is 6. The van der Waals surface area contributed by atoms with Crippen molar-refractivity contribution in [3.8, 4) is 22.6 Å². The van der Waals surface area contributed by atoms with Crippen molar-refractivity contribution in [1.29, 1.82) is 0 Å². The van der Waals surface area contributed by atoms with Crippen LogP contribution in [0, 0.1) is 0 Å². The Morgan fingerprint density at radius 3 is 2.52 bits per heavy atom. The highest BCUT2D eigenvalue weighted by molar-refractivity contribution is 5.66. The molecule has 1 saturated heterocycles. The van der Waals surface area contributed by atoms with Crippen LogP contribution in [0.15, 0.2) is 54.9 Å². The SMILES string of the molecule is CCOC1CN(c2ccc(-c3nc(Nc4ccc(-c5ccnc(N)n5)cc4)n(C)n3)cn2)C1. The molecule has 10 nitrogen and oxygen atoms in total. The lowest BCUT2D eigenvalue weighted by atomic mass is 10.1. The van der Waals surface area contributed by atoms with E-state index < -0.39 is 0 Å². The van der Waals surface area contributed by atoms with Gasteiger partial charge in [0.25, 0.3) is 0 Å². The summed E-state index contributed by atoms with van der Waals surface area (Å²) in [6, 6.07) is 13.7. The van der Waals surface area contributed by atoms with Crippen LogP contribution in [0.25, 0.3) is 22.6 Å². The molecule has 5 rings (SSSR count). The van der Waals surface area contributed by atoms with Crippen LogP contribution >= 0.6 is 0 Å². The molecule has 1 aromatic carbocycles. The van der Waals surface area contributed by atoms with Crippen LogP contribution in [0.2, 0.25) is 0 Å². The Morgan fingerprint density at radius 2 is 1.82 bits per heavy atom. The highest BCUT2D eigenvalue weighted by Crippen LogP contribution is 2.25. The van der Waals surface area contributed by atoms with Crippen molar-refractivity contribution in [3.63, 3.8) is 0 Å². The third kappa shape index (κ3) is 4.46. The summed E-state index contributed by atoms with van der Waals surface area (Å²) in [6.45, 7) is 4.51. The van der Waals surface area contributed by atoms with E-state index in [9.17, 15) is 0 Å². The van der Waals surface area contributed by atoms with Crippen molar-refractivity contribution < 1.29 is 4.74 Å². The van der Waals surface area contributed by atoms with Crippen LogP contribution in [-0.4, -0.2) is 55.5 Å². The Morgan fingerprint density at radius 1 is 1.03 bits per heavy atom. The Hall–Kier alpha value is -4.05. The van der Waals surface area contributed by atoms with E-state index >= 15 is 0 Å². The summed E-state index contributed by atoms with van der Waals surface area (Å²) in [7, 11) is 1.85. The third-order valence-electron chi connectivity index (χ3n) is 5.45. The average molecular weight is 444 g/mol. The zero-order valence-corrected chi connectivity index (χ0v) is 18.5. The predicted molar refractivity (Wildman–Crippen MR) is 127 cm³/mol. The van der Waals surface area contributed by atoms with Gasteiger partial charge in [-0.25, -0.2) is 19.6 Å². The molecule has 0 radical (unpaired) electrons. The van der Waals surface area contributed by atoms with Gasteiger partial charge in [0.2, 0.25) is 11.9 Å². The lowest BCUT2D eigenvalue weighted by Crippen LogP contribution is -2.52. The molecule has 168 valence electrons. The van der Waals surface area contributed by atoms with Gasteiger partial charge in [0, 0.05) is 56.0 Å². The van der Waals surface area contributed by atoms with Gasteiger partial charge in [-0.2, -0.15) is 4.98 Å². The molecule has 0 spiro atoms. The molecule has 3 aromatic heterocycles. The van der Waals surface area contributed by atoms with Crippen LogP contribution in [0.5, 0.6) is 0 Å². The number of aryl methyl sites for hydroxylation is 1. The maximum absolute atomic E-state index is 5.68. The first-order valence-corrected chi connectivity index (χ1v) is 10.8. The van der Waals surface area contributed by atoms with Crippen LogP contribution in [-0.2, 0) is 11.8 Å². The maximum Gasteiger partial charge on any atom is 0.225 e. The second-order valence-corrected chi connectivity index (χ2v) is 7.77. The molecule has 3 N–H and O–H groups in total. The minimum atomic E-state index is 0.253. The Balaban J connectivity index is 1.26. The van der Waals surface area contributed by atoms with Crippen LogP contribution in [0.4, 0.5) is 23.4 Å². The molecule has 1 aliphatic heterocycles.